The third kappa shape index (κ3) is 6.50. The number of nitrogens with one attached hydrogen (secondary N) is 2. The van der Waals surface area contributed by atoms with E-state index in [1.54, 1.807) is 31.2 Å². The van der Waals surface area contributed by atoms with E-state index in [9.17, 15) is 14.4 Å². The molecule has 2 aromatic rings. The molecule has 6 heteroatoms. The monoisotopic (exact) mass is 436 g/mol. The van der Waals surface area contributed by atoms with Crippen molar-refractivity contribution in [3.8, 4) is 0 Å². The fourth-order valence-corrected chi connectivity index (χ4v) is 3.94. The van der Waals surface area contributed by atoms with E-state index in [2.05, 4.69) is 36.6 Å². The number of hydrogen-bond acceptors (Lipinski definition) is 4. The van der Waals surface area contributed by atoms with Crippen LogP contribution in [0.2, 0.25) is 0 Å². The number of Topliss-reactive ketones (excluding diaryl/α,β-unsaturated/α-hetero) is 1. The van der Waals surface area contributed by atoms with E-state index in [1.165, 1.54) is 5.56 Å². The topological polar surface area (TPSA) is 84.5 Å². The summed E-state index contributed by atoms with van der Waals surface area (Å²) in [5.41, 5.74) is 1.50. The van der Waals surface area contributed by atoms with Gasteiger partial charge in [0.25, 0.3) is 5.91 Å². The second-order valence-electron chi connectivity index (χ2n) is 9.21. The van der Waals surface area contributed by atoms with Crippen LogP contribution in [0.3, 0.4) is 0 Å². The summed E-state index contributed by atoms with van der Waals surface area (Å²) in [6, 6.07) is 17.6. The van der Waals surface area contributed by atoms with Crippen molar-refractivity contribution in [2.24, 2.45) is 5.41 Å². The molecule has 1 unspecified atom stereocenters. The molecule has 170 valence electrons. The van der Waals surface area contributed by atoms with Gasteiger partial charge in [0.05, 0.1) is 6.10 Å². The highest BCUT2D eigenvalue weighted by atomic mass is 16.5. The van der Waals surface area contributed by atoms with Crippen LogP contribution >= 0.6 is 0 Å². The summed E-state index contributed by atoms with van der Waals surface area (Å²) in [5.74, 6) is -0.827. The zero-order valence-electron chi connectivity index (χ0n) is 19.0. The van der Waals surface area contributed by atoms with Crippen LogP contribution in [0.25, 0.3) is 0 Å². The number of amides is 2. The van der Waals surface area contributed by atoms with Crippen molar-refractivity contribution in [3.63, 3.8) is 0 Å². The van der Waals surface area contributed by atoms with Crippen molar-refractivity contribution in [2.75, 3.05) is 6.61 Å². The van der Waals surface area contributed by atoms with Crippen molar-refractivity contribution in [2.45, 2.75) is 58.2 Å². The molecule has 0 saturated carbocycles. The van der Waals surface area contributed by atoms with Gasteiger partial charge in [-0.15, -0.1) is 0 Å². The van der Waals surface area contributed by atoms with Crippen LogP contribution < -0.4 is 10.6 Å². The third-order valence-electron chi connectivity index (χ3n) is 5.95. The van der Waals surface area contributed by atoms with Crippen LogP contribution in [-0.4, -0.2) is 42.4 Å². The van der Waals surface area contributed by atoms with Gasteiger partial charge < -0.3 is 15.4 Å². The number of carbonyl (C=O) groups excluding carboxylic acids is 3. The summed E-state index contributed by atoms with van der Waals surface area (Å²) >= 11 is 0. The first-order valence-corrected chi connectivity index (χ1v) is 11.1. The molecule has 1 aliphatic heterocycles. The molecule has 0 bridgehead atoms. The molecule has 2 amide bonds. The fraction of sp³-hybridized carbons (Fsp3) is 0.423. The predicted molar refractivity (Wildman–Crippen MR) is 123 cm³/mol. The Labute approximate surface area is 189 Å². The first-order valence-electron chi connectivity index (χ1n) is 11.1. The van der Waals surface area contributed by atoms with E-state index in [4.69, 9.17) is 4.74 Å². The zero-order valence-corrected chi connectivity index (χ0v) is 19.0. The molecule has 6 nitrogen and oxygen atoms in total. The van der Waals surface area contributed by atoms with Crippen LogP contribution in [0.15, 0.2) is 60.7 Å². The first-order chi connectivity index (χ1) is 15.2. The average Bonchev–Trinajstić information content (AvgIpc) is 3.10. The number of ether oxygens (including phenoxy) is 1. The summed E-state index contributed by atoms with van der Waals surface area (Å²) in [6.07, 6.45) is 1.79. The molecule has 3 atom stereocenters. The van der Waals surface area contributed by atoms with Gasteiger partial charge in [0.15, 0.2) is 5.78 Å². The molecule has 0 spiro atoms. The van der Waals surface area contributed by atoms with Gasteiger partial charge >= 0.3 is 0 Å². The maximum Gasteiger partial charge on any atom is 0.251 e. The molecule has 0 radical (unpaired) electrons. The summed E-state index contributed by atoms with van der Waals surface area (Å²) in [7, 11) is 0. The molecule has 2 N–H and O–H groups in total. The summed E-state index contributed by atoms with van der Waals surface area (Å²) in [6.45, 7) is 5.95. The summed E-state index contributed by atoms with van der Waals surface area (Å²) < 4.78 is 5.35. The lowest BCUT2D eigenvalue weighted by Crippen LogP contribution is -2.54. The predicted octanol–water partition coefficient (Wildman–Crippen LogP) is 3.31. The normalized spacial score (nSPS) is 19.4. The summed E-state index contributed by atoms with van der Waals surface area (Å²) in [5, 5.41) is 5.69. The lowest BCUT2D eigenvalue weighted by molar-refractivity contribution is -0.128. The molecule has 3 rings (SSSR count). The molecular weight excluding hydrogens is 404 g/mol. The number of hydrogen-bond donors (Lipinski definition) is 2. The van der Waals surface area contributed by atoms with Crippen molar-refractivity contribution >= 4 is 17.6 Å². The number of aryl methyl sites for hydroxylation is 1. The molecule has 0 aliphatic carbocycles. The first kappa shape index (κ1) is 23.7. The molecular formula is C26H32N2O4. The van der Waals surface area contributed by atoms with Gasteiger partial charge in [0.1, 0.15) is 18.7 Å². The minimum atomic E-state index is -0.769. The fourth-order valence-electron chi connectivity index (χ4n) is 3.94. The second kappa shape index (κ2) is 10.6. The Hall–Kier alpha value is -2.99. The largest absolute Gasteiger partial charge is 0.368 e. The van der Waals surface area contributed by atoms with E-state index in [-0.39, 0.29) is 35.7 Å². The Morgan fingerprint density at radius 2 is 1.69 bits per heavy atom. The third-order valence-corrected chi connectivity index (χ3v) is 5.95. The van der Waals surface area contributed by atoms with Gasteiger partial charge in [-0.2, -0.15) is 0 Å². The van der Waals surface area contributed by atoms with E-state index >= 15 is 0 Å². The van der Waals surface area contributed by atoms with Crippen LogP contribution in [-0.2, 0) is 20.7 Å². The minimum absolute atomic E-state index is 0.00424. The van der Waals surface area contributed by atoms with Gasteiger partial charge in [-0.05, 0) is 49.3 Å². The maximum absolute atomic E-state index is 13.2. The number of ketones is 1. The van der Waals surface area contributed by atoms with Gasteiger partial charge in [-0.1, -0.05) is 62.4 Å². The Kier molecular flexibility index (Phi) is 7.80. The van der Waals surface area contributed by atoms with E-state index < -0.39 is 12.1 Å². The highest BCUT2D eigenvalue weighted by Gasteiger charge is 2.37. The van der Waals surface area contributed by atoms with Crippen LogP contribution in [0.5, 0.6) is 0 Å². The standard InChI is InChI=1S/C26H32N2O4/c1-18-23(22(29)17-32-18)28-25(31)21(27-24(30)20-12-8-5-9-13-20)16-26(2,3)15-14-19-10-6-4-7-11-19/h4-13,18,21,23H,14-17H2,1-3H3,(H,27,30)(H,28,31)/t18-,21?,23-/m0/s1. The highest BCUT2D eigenvalue weighted by molar-refractivity contribution is 5.98. The molecule has 1 aliphatic rings. The van der Waals surface area contributed by atoms with Gasteiger partial charge in [-0.25, -0.2) is 0 Å². The van der Waals surface area contributed by atoms with Gasteiger partial charge in [0, 0.05) is 5.56 Å². The highest BCUT2D eigenvalue weighted by Crippen LogP contribution is 2.29. The second-order valence-corrected chi connectivity index (χ2v) is 9.21. The number of benzene rings is 2. The number of rotatable bonds is 9. The quantitative estimate of drug-likeness (QED) is 0.632. The van der Waals surface area contributed by atoms with E-state index in [0.29, 0.717) is 12.0 Å². The SMILES string of the molecule is C[C@@H]1OCC(=O)[C@H]1NC(=O)C(CC(C)(C)CCc1ccccc1)NC(=O)c1ccccc1. The molecule has 1 fully saturated rings. The molecule has 2 aromatic carbocycles. The molecule has 32 heavy (non-hydrogen) atoms. The van der Waals surface area contributed by atoms with Crippen molar-refractivity contribution in [1.82, 2.24) is 10.6 Å². The van der Waals surface area contributed by atoms with Crippen molar-refractivity contribution < 1.29 is 19.1 Å². The maximum atomic E-state index is 13.2. The van der Waals surface area contributed by atoms with Crippen molar-refractivity contribution in [3.05, 3.63) is 71.8 Å². The number of carbonyl (C=O) groups is 3. The Morgan fingerprint density at radius 3 is 2.28 bits per heavy atom. The molecule has 1 heterocycles. The average molecular weight is 437 g/mol. The lowest BCUT2D eigenvalue weighted by Gasteiger charge is -2.30. The van der Waals surface area contributed by atoms with Gasteiger partial charge in [0.2, 0.25) is 5.91 Å². The Morgan fingerprint density at radius 1 is 1.06 bits per heavy atom. The van der Waals surface area contributed by atoms with E-state index in [0.717, 1.165) is 12.8 Å². The van der Waals surface area contributed by atoms with Crippen LogP contribution in [0.1, 0.15) is 49.5 Å². The minimum Gasteiger partial charge on any atom is -0.368 e. The lowest BCUT2D eigenvalue weighted by atomic mass is 9.80. The molecule has 0 aromatic heterocycles. The van der Waals surface area contributed by atoms with Crippen molar-refractivity contribution in [1.29, 1.82) is 0 Å². The van der Waals surface area contributed by atoms with Crippen LogP contribution in [0.4, 0.5) is 0 Å². The molecule has 1 saturated heterocycles. The van der Waals surface area contributed by atoms with Gasteiger partial charge in [-0.3, -0.25) is 14.4 Å². The smallest absolute Gasteiger partial charge is 0.251 e. The Balaban J connectivity index is 1.71. The Bertz CT molecular complexity index is 927. The van der Waals surface area contributed by atoms with Crippen LogP contribution in [0, 0.1) is 5.41 Å². The van der Waals surface area contributed by atoms with E-state index in [1.807, 2.05) is 24.3 Å². The zero-order chi connectivity index (χ0) is 23.1. The summed E-state index contributed by atoms with van der Waals surface area (Å²) in [4.78, 5) is 38.1.